The molecule has 1 aromatic carbocycles. The number of carbonyl (C=O) groups excluding carboxylic acids is 1. The topological polar surface area (TPSA) is 56.6 Å². The SMILES string of the molecule is N#Cc1ccc(CN2CCC(N3CCCOC3=O)CC2)cc1. The van der Waals surface area contributed by atoms with Crippen molar-refractivity contribution in [2.45, 2.75) is 31.8 Å². The maximum atomic E-state index is 11.8. The first-order chi connectivity index (χ1) is 10.8. The van der Waals surface area contributed by atoms with E-state index in [2.05, 4.69) is 11.0 Å². The molecule has 0 spiro atoms. The number of cyclic esters (lactones) is 1. The quantitative estimate of drug-likeness (QED) is 0.860. The molecule has 0 radical (unpaired) electrons. The van der Waals surface area contributed by atoms with Crippen LogP contribution >= 0.6 is 0 Å². The number of ether oxygens (including phenoxy) is 1. The van der Waals surface area contributed by atoms with Gasteiger partial charge in [-0.25, -0.2) is 4.79 Å². The van der Waals surface area contributed by atoms with Crippen molar-refractivity contribution in [2.75, 3.05) is 26.2 Å². The number of likely N-dealkylation sites (tertiary alicyclic amines) is 1. The number of amides is 1. The zero-order valence-corrected chi connectivity index (χ0v) is 12.7. The third-order valence-electron chi connectivity index (χ3n) is 4.49. The predicted octanol–water partition coefficient (Wildman–Crippen LogP) is 2.36. The van der Waals surface area contributed by atoms with Crippen LogP contribution in [0.5, 0.6) is 0 Å². The highest BCUT2D eigenvalue weighted by Crippen LogP contribution is 2.21. The second kappa shape index (κ2) is 6.80. The van der Waals surface area contributed by atoms with Gasteiger partial charge in [-0.3, -0.25) is 4.90 Å². The van der Waals surface area contributed by atoms with Crippen molar-refractivity contribution < 1.29 is 9.53 Å². The van der Waals surface area contributed by atoms with Crippen LogP contribution in [0.1, 0.15) is 30.4 Å². The summed E-state index contributed by atoms with van der Waals surface area (Å²) in [5.41, 5.74) is 1.93. The van der Waals surface area contributed by atoms with E-state index in [0.717, 1.165) is 45.4 Å². The Morgan fingerprint density at radius 2 is 1.91 bits per heavy atom. The molecule has 0 saturated carbocycles. The predicted molar refractivity (Wildman–Crippen MR) is 82.1 cm³/mol. The summed E-state index contributed by atoms with van der Waals surface area (Å²) in [4.78, 5) is 16.1. The van der Waals surface area contributed by atoms with Crippen LogP contribution in [0.2, 0.25) is 0 Å². The molecule has 2 saturated heterocycles. The molecule has 5 heteroatoms. The minimum atomic E-state index is -0.142. The number of carbonyl (C=O) groups is 1. The normalized spacial score (nSPS) is 20.5. The fourth-order valence-electron chi connectivity index (χ4n) is 3.23. The lowest BCUT2D eigenvalue weighted by atomic mass is 10.0. The summed E-state index contributed by atoms with van der Waals surface area (Å²) in [5, 5.41) is 8.82. The molecule has 5 nitrogen and oxygen atoms in total. The van der Waals surface area contributed by atoms with Gasteiger partial charge in [-0.1, -0.05) is 12.1 Å². The third-order valence-corrected chi connectivity index (χ3v) is 4.49. The van der Waals surface area contributed by atoms with Crippen LogP contribution < -0.4 is 0 Å². The summed E-state index contributed by atoms with van der Waals surface area (Å²) in [6, 6.07) is 10.2. The van der Waals surface area contributed by atoms with Gasteiger partial charge in [-0.05, 0) is 37.0 Å². The van der Waals surface area contributed by atoms with Gasteiger partial charge in [0, 0.05) is 32.2 Å². The fourth-order valence-corrected chi connectivity index (χ4v) is 3.23. The average molecular weight is 299 g/mol. The van der Waals surface area contributed by atoms with Crippen LogP contribution in [-0.4, -0.2) is 48.2 Å². The molecule has 22 heavy (non-hydrogen) atoms. The van der Waals surface area contributed by atoms with Crippen molar-refractivity contribution in [3.63, 3.8) is 0 Å². The Bertz CT molecular complexity index is 556. The van der Waals surface area contributed by atoms with Crippen molar-refractivity contribution in [1.29, 1.82) is 5.26 Å². The highest BCUT2D eigenvalue weighted by molar-refractivity contribution is 5.68. The maximum Gasteiger partial charge on any atom is 0.410 e. The van der Waals surface area contributed by atoms with Crippen molar-refractivity contribution >= 4 is 6.09 Å². The molecular weight excluding hydrogens is 278 g/mol. The number of nitrogens with zero attached hydrogens (tertiary/aromatic N) is 3. The fraction of sp³-hybridized carbons (Fsp3) is 0.529. The number of nitriles is 1. The van der Waals surface area contributed by atoms with Gasteiger partial charge in [0.1, 0.15) is 0 Å². The minimum absolute atomic E-state index is 0.142. The molecule has 0 unspecified atom stereocenters. The molecule has 2 aliphatic heterocycles. The van der Waals surface area contributed by atoms with Crippen molar-refractivity contribution in [3.8, 4) is 6.07 Å². The molecule has 0 bridgehead atoms. The number of benzene rings is 1. The van der Waals surface area contributed by atoms with E-state index in [9.17, 15) is 4.79 Å². The molecule has 0 aliphatic carbocycles. The van der Waals surface area contributed by atoms with Crippen LogP contribution in [0.4, 0.5) is 4.79 Å². The monoisotopic (exact) mass is 299 g/mol. The lowest BCUT2D eigenvalue weighted by Gasteiger charge is -2.39. The highest BCUT2D eigenvalue weighted by atomic mass is 16.6. The molecule has 0 atom stereocenters. The van der Waals surface area contributed by atoms with Gasteiger partial charge in [0.05, 0.1) is 18.2 Å². The van der Waals surface area contributed by atoms with Crippen LogP contribution in [0.25, 0.3) is 0 Å². The van der Waals surface area contributed by atoms with Crippen LogP contribution in [0.15, 0.2) is 24.3 Å². The van der Waals surface area contributed by atoms with Crippen molar-refractivity contribution in [2.24, 2.45) is 0 Å². The number of rotatable bonds is 3. The molecule has 2 heterocycles. The summed E-state index contributed by atoms with van der Waals surface area (Å²) < 4.78 is 5.14. The van der Waals surface area contributed by atoms with Gasteiger partial charge in [0.25, 0.3) is 0 Å². The van der Waals surface area contributed by atoms with E-state index in [0.29, 0.717) is 18.2 Å². The summed E-state index contributed by atoms with van der Waals surface area (Å²) >= 11 is 0. The molecular formula is C17H21N3O2. The van der Waals surface area contributed by atoms with Crippen LogP contribution in [0.3, 0.4) is 0 Å². The van der Waals surface area contributed by atoms with Gasteiger partial charge in [0.2, 0.25) is 0 Å². The Labute approximate surface area is 131 Å². The third kappa shape index (κ3) is 3.40. The molecule has 3 rings (SSSR count). The van der Waals surface area contributed by atoms with E-state index in [1.807, 2.05) is 29.2 Å². The standard InChI is InChI=1S/C17H21N3O2/c18-12-14-2-4-15(5-3-14)13-19-9-6-16(7-10-19)20-8-1-11-22-17(20)21/h2-5,16H,1,6-11,13H2. The number of piperidine rings is 1. The van der Waals surface area contributed by atoms with Gasteiger partial charge in [-0.15, -0.1) is 0 Å². The van der Waals surface area contributed by atoms with Crippen molar-refractivity contribution in [3.05, 3.63) is 35.4 Å². The Morgan fingerprint density at radius 1 is 1.18 bits per heavy atom. The van der Waals surface area contributed by atoms with Crippen LogP contribution in [0, 0.1) is 11.3 Å². The first kappa shape index (κ1) is 14.9. The summed E-state index contributed by atoms with van der Waals surface area (Å²) in [6.07, 6.45) is 2.81. The van der Waals surface area contributed by atoms with E-state index < -0.39 is 0 Å². The highest BCUT2D eigenvalue weighted by Gasteiger charge is 2.30. The maximum absolute atomic E-state index is 11.8. The Kier molecular flexibility index (Phi) is 4.59. The summed E-state index contributed by atoms with van der Waals surface area (Å²) in [7, 11) is 0. The molecule has 2 aliphatic rings. The molecule has 0 aromatic heterocycles. The van der Waals surface area contributed by atoms with E-state index >= 15 is 0 Å². The lowest BCUT2D eigenvalue weighted by Crippen LogP contribution is -2.49. The smallest absolute Gasteiger partial charge is 0.410 e. The average Bonchev–Trinajstić information content (AvgIpc) is 2.57. The van der Waals surface area contributed by atoms with E-state index in [-0.39, 0.29) is 6.09 Å². The zero-order chi connectivity index (χ0) is 15.4. The van der Waals surface area contributed by atoms with Gasteiger partial charge < -0.3 is 9.64 Å². The molecule has 2 fully saturated rings. The largest absolute Gasteiger partial charge is 0.449 e. The van der Waals surface area contributed by atoms with Crippen molar-refractivity contribution in [1.82, 2.24) is 9.80 Å². The minimum Gasteiger partial charge on any atom is -0.449 e. The van der Waals surface area contributed by atoms with Gasteiger partial charge >= 0.3 is 6.09 Å². The van der Waals surface area contributed by atoms with E-state index in [1.54, 1.807) is 0 Å². The summed E-state index contributed by atoms with van der Waals surface area (Å²) in [5.74, 6) is 0. The zero-order valence-electron chi connectivity index (χ0n) is 12.7. The van der Waals surface area contributed by atoms with Crippen LogP contribution in [-0.2, 0) is 11.3 Å². The van der Waals surface area contributed by atoms with Gasteiger partial charge in [0.15, 0.2) is 0 Å². The first-order valence-electron chi connectivity index (χ1n) is 7.91. The Balaban J connectivity index is 1.51. The lowest BCUT2D eigenvalue weighted by molar-refractivity contribution is 0.0368. The molecule has 1 aromatic rings. The summed E-state index contributed by atoms with van der Waals surface area (Å²) in [6.45, 7) is 4.29. The van der Waals surface area contributed by atoms with Gasteiger partial charge in [-0.2, -0.15) is 5.26 Å². The second-order valence-corrected chi connectivity index (χ2v) is 5.98. The Morgan fingerprint density at radius 3 is 2.55 bits per heavy atom. The first-order valence-corrected chi connectivity index (χ1v) is 7.91. The number of hydrogen-bond donors (Lipinski definition) is 0. The molecule has 0 N–H and O–H groups in total. The molecule has 116 valence electrons. The van der Waals surface area contributed by atoms with E-state index in [4.69, 9.17) is 10.00 Å². The number of hydrogen-bond acceptors (Lipinski definition) is 4. The second-order valence-electron chi connectivity index (χ2n) is 5.98. The Hall–Kier alpha value is -2.06. The van der Waals surface area contributed by atoms with E-state index in [1.165, 1.54) is 5.56 Å². The molecule has 1 amide bonds.